The van der Waals surface area contributed by atoms with Gasteiger partial charge in [0.15, 0.2) is 0 Å². The molecule has 6 rings (SSSR count). The topological polar surface area (TPSA) is 26.3 Å². The lowest BCUT2D eigenvalue weighted by Crippen LogP contribution is -2.27. The molecule has 0 N–H and O–H groups in total. The average Bonchev–Trinajstić information content (AvgIpc) is 3.49. The molecule has 2 nitrogen and oxygen atoms in total. The van der Waals surface area contributed by atoms with E-state index in [2.05, 4.69) is 0 Å². The molecular formula is C27H18F6O2. The summed E-state index contributed by atoms with van der Waals surface area (Å²) < 4.78 is 97.7. The van der Waals surface area contributed by atoms with Gasteiger partial charge in [-0.15, -0.1) is 0 Å². The molecule has 0 radical (unpaired) electrons. The number of furan rings is 2. The van der Waals surface area contributed by atoms with E-state index in [1.807, 2.05) is 0 Å². The minimum Gasteiger partial charge on any atom is -0.456 e. The molecule has 35 heavy (non-hydrogen) atoms. The summed E-state index contributed by atoms with van der Waals surface area (Å²) in [5.74, 6) is -2.92. The Morgan fingerprint density at radius 3 is 1.34 bits per heavy atom. The van der Waals surface area contributed by atoms with Crippen molar-refractivity contribution in [1.82, 2.24) is 0 Å². The Bertz CT molecular complexity index is 1380. The molecule has 0 saturated heterocycles. The summed E-state index contributed by atoms with van der Waals surface area (Å²) in [4.78, 5) is 0. The standard InChI is InChI=1S/C27H18F6O2/c1-25(2)21-19(17-11-13-7-3-5-9-15(13)34-17)20(18-12-14-8-4-6-10-16(14)35-18)22(25)24(27(31,32)33)23(21)26(28,29)30/h3-12,21-22H,1-2H3. The van der Waals surface area contributed by atoms with Crippen molar-refractivity contribution in [2.75, 3.05) is 0 Å². The van der Waals surface area contributed by atoms with E-state index in [-0.39, 0.29) is 22.7 Å². The van der Waals surface area contributed by atoms with Gasteiger partial charge >= 0.3 is 12.4 Å². The van der Waals surface area contributed by atoms with Crippen LogP contribution in [0.5, 0.6) is 0 Å². The van der Waals surface area contributed by atoms with Crippen LogP contribution in [-0.4, -0.2) is 12.4 Å². The van der Waals surface area contributed by atoms with Gasteiger partial charge in [-0.05, 0) is 29.7 Å². The number of allylic oxidation sites excluding steroid dienone is 4. The van der Waals surface area contributed by atoms with Gasteiger partial charge in [0.05, 0.1) is 11.1 Å². The maximum Gasteiger partial charge on any atom is 0.413 e. The fraction of sp³-hybridized carbons (Fsp3) is 0.259. The van der Waals surface area contributed by atoms with Crippen molar-refractivity contribution in [3.8, 4) is 0 Å². The third-order valence-corrected chi connectivity index (χ3v) is 7.22. The molecule has 2 aromatic heterocycles. The summed E-state index contributed by atoms with van der Waals surface area (Å²) in [5.41, 5.74) is -3.45. The predicted octanol–water partition coefficient (Wildman–Crippen LogP) is 8.80. The maximum absolute atomic E-state index is 14.3. The predicted molar refractivity (Wildman–Crippen MR) is 119 cm³/mol. The molecule has 2 bridgehead atoms. The van der Waals surface area contributed by atoms with Gasteiger partial charge < -0.3 is 8.83 Å². The van der Waals surface area contributed by atoms with Gasteiger partial charge in [0.1, 0.15) is 22.7 Å². The third kappa shape index (κ3) is 3.04. The van der Waals surface area contributed by atoms with Crippen molar-refractivity contribution >= 4 is 33.1 Å². The Balaban J connectivity index is 1.70. The second-order valence-electron chi connectivity index (χ2n) is 9.63. The van der Waals surface area contributed by atoms with Crippen molar-refractivity contribution < 1.29 is 35.2 Å². The first kappa shape index (κ1) is 22.1. The second-order valence-corrected chi connectivity index (χ2v) is 9.63. The van der Waals surface area contributed by atoms with Crippen LogP contribution in [0, 0.1) is 17.3 Å². The monoisotopic (exact) mass is 488 g/mol. The van der Waals surface area contributed by atoms with Crippen molar-refractivity contribution in [3.63, 3.8) is 0 Å². The third-order valence-electron chi connectivity index (χ3n) is 7.22. The zero-order valence-corrected chi connectivity index (χ0v) is 18.5. The van der Waals surface area contributed by atoms with E-state index in [1.54, 1.807) is 60.7 Å². The van der Waals surface area contributed by atoms with Crippen LogP contribution in [0.15, 0.2) is 80.6 Å². The summed E-state index contributed by atoms with van der Waals surface area (Å²) in [6.45, 7) is 2.90. The summed E-state index contributed by atoms with van der Waals surface area (Å²) in [7, 11) is 0. The molecule has 2 unspecified atom stereocenters. The number of benzene rings is 2. The number of alkyl halides is 6. The van der Waals surface area contributed by atoms with Crippen molar-refractivity contribution in [3.05, 3.63) is 83.3 Å². The van der Waals surface area contributed by atoms with E-state index >= 15 is 0 Å². The highest BCUT2D eigenvalue weighted by Gasteiger charge is 2.68. The van der Waals surface area contributed by atoms with Crippen LogP contribution in [0.3, 0.4) is 0 Å². The molecule has 0 aliphatic heterocycles. The Kier molecular flexibility index (Phi) is 4.31. The van der Waals surface area contributed by atoms with Crippen LogP contribution >= 0.6 is 0 Å². The molecule has 0 amide bonds. The number of halogens is 6. The minimum atomic E-state index is -5.17. The van der Waals surface area contributed by atoms with Crippen LogP contribution in [0.1, 0.15) is 25.4 Å². The van der Waals surface area contributed by atoms with Gasteiger partial charge in [-0.3, -0.25) is 0 Å². The Hall–Kier alpha value is -3.42. The van der Waals surface area contributed by atoms with Crippen LogP contribution in [0.25, 0.3) is 33.1 Å². The number of para-hydroxylation sites is 2. The molecule has 2 aliphatic rings. The summed E-state index contributed by atoms with van der Waals surface area (Å²) >= 11 is 0. The van der Waals surface area contributed by atoms with Crippen molar-refractivity contribution in [1.29, 1.82) is 0 Å². The summed E-state index contributed by atoms with van der Waals surface area (Å²) in [5, 5.41) is 1.29. The first-order valence-corrected chi connectivity index (χ1v) is 11.0. The highest BCUT2D eigenvalue weighted by Crippen LogP contribution is 2.72. The summed E-state index contributed by atoms with van der Waals surface area (Å²) in [6, 6.07) is 16.9. The lowest BCUT2D eigenvalue weighted by atomic mass is 9.75. The van der Waals surface area contributed by atoms with Crippen LogP contribution in [0.4, 0.5) is 26.3 Å². The number of hydrogen-bond acceptors (Lipinski definition) is 2. The molecule has 0 fully saturated rings. The smallest absolute Gasteiger partial charge is 0.413 e. The van der Waals surface area contributed by atoms with E-state index in [4.69, 9.17) is 8.83 Å². The van der Waals surface area contributed by atoms with Crippen LogP contribution in [0.2, 0.25) is 0 Å². The second kappa shape index (κ2) is 6.83. The first-order valence-electron chi connectivity index (χ1n) is 11.0. The first-order chi connectivity index (χ1) is 16.4. The number of rotatable bonds is 2. The van der Waals surface area contributed by atoms with Gasteiger partial charge in [0.25, 0.3) is 0 Å². The molecule has 2 aromatic carbocycles. The molecule has 0 saturated carbocycles. The zero-order valence-electron chi connectivity index (χ0n) is 18.5. The molecule has 180 valence electrons. The van der Waals surface area contributed by atoms with E-state index in [1.165, 1.54) is 13.8 Å². The normalized spacial score (nSPS) is 22.3. The van der Waals surface area contributed by atoms with Gasteiger partial charge in [-0.1, -0.05) is 50.2 Å². The van der Waals surface area contributed by atoms with Gasteiger partial charge in [-0.25, -0.2) is 0 Å². The molecule has 2 heterocycles. The minimum absolute atomic E-state index is 0.0931. The van der Waals surface area contributed by atoms with Gasteiger partial charge in [-0.2, -0.15) is 26.3 Å². The molecule has 8 heteroatoms. The molecule has 0 spiro atoms. The molecule has 4 aromatic rings. The quantitative estimate of drug-likeness (QED) is 0.208. The zero-order chi connectivity index (χ0) is 24.9. The van der Waals surface area contributed by atoms with Crippen LogP contribution < -0.4 is 0 Å². The van der Waals surface area contributed by atoms with E-state index < -0.39 is 40.7 Å². The van der Waals surface area contributed by atoms with Crippen molar-refractivity contribution in [2.24, 2.45) is 17.3 Å². The van der Waals surface area contributed by atoms with Crippen LogP contribution in [-0.2, 0) is 0 Å². The fourth-order valence-corrected chi connectivity index (χ4v) is 5.98. The van der Waals surface area contributed by atoms with Gasteiger partial charge in [0, 0.05) is 33.8 Å². The highest BCUT2D eigenvalue weighted by atomic mass is 19.4. The molecule has 2 aliphatic carbocycles. The Morgan fingerprint density at radius 1 is 0.629 bits per heavy atom. The summed E-state index contributed by atoms with van der Waals surface area (Å²) in [6.07, 6.45) is -10.3. The number of hydrogen-bond donors (Lipinski definition) is 0. The lowest BCUT2D eigenvalue weighted by Gasteiger charge is -2.29. The number of fused-ring (bicyclic) bond motifs is 4. The van der Waals surface area contributed by atoms with E-state index in [9.17, 15) is 26.3 Å². The van der Waals surface area contributed by atoms with Crippen molar-refractivity contribution in [2.45, 2.75) is 26.2 Å². The Labute approximate surface area is 195 Å². The molecule has 2 atom stereocenters. The van der Waals surface area contributed by atoms with E-state index in [0.29, 0.717) is 21.9 Å². The maximum atomic E-state index is 14.3. The van der Waals surface area contributed by atoms with E-state index in [0.717, 1.165) is 0 Å². The Morgan fingerprint density at radius 2 is 1.00 bits per heavy atom. The lowest BCUT2D eigenvalue weighted by molar-refractivity contribution is -0.117. The van der Waals surface area contributed by atoms with Gasteiger partial charge in [0.2, 0.25) is 0 Å². The molecular weight excluding hydrogens is 470 g/mol. The fourth-order valence-electron chi connectivity index (χ4n) is 5.98. The average molecular weight is 488 g/mol. The largest absolute Gasteiger partial charge is 0.456 e. The highest BCUT2D eigenvalue weighted by molar-refractivity contribution is 6.01. The SMILES string of the molecule is CC1(C)C2C(c3cc4ccccc4o3)=C(c3cc4ccccc4o3)C1C(C(F)(F)F)=C2C(F)(F)F.